The van der Waals surface area contributed by atoms with Crippen LogP contribution in [0.1, 0.15) is 37.7 Å². The van der Waals surface area contributed by atoms with E-state index in [2.05, 4.69) is 5.32 Å². The van der Waals surface area contributed by atoms with E-state index in [4.69, 9.17) is 0 Å². The van der Waals surface area contributed by atoms with Crippen molar-refractivity contribution < 1.29 is 14.4 Å². The van der Waals surface area contributed by atoms with Crippen LogP contribution < -0.4 is 10.8 Å². The van der Waals surface area contributed by atoms with E-state index in [-0.39, 0.29) is 11.3 Å². The monoisotopic (exact) mass is 251 g/mol. The molecule has 0 bridgehead atoms. The van der Waals surface area contributed by atoms with Crippen LogP contribution in [0.25, 0.3) is 0 Å². The number of rotatable bonds is 4. The smallest absolute Gasteiger partial charge is 0.423 e. The SMILES string of the molecule is OB(O)c1cccc(F)c1CNC1CCCCC1. The van der Waals surface area contributed by atoms with E-state index in [9.17, 15) is 14.4 Å². The second-order valence-electron chi connectivity index (χ2n) is 4.90. The normalized spacial score (nSPS) is 16.8. The molecule has 0 heterocycles. The third kappa shape index (κ3) is 3.31. The Kier molecular flexibility index (Phi) is 4.75. The molecule has 0 saturated heterocycles. The number of nitrogens with one attached hydrogen (secondary N) is 1. The summed E-state index contributed by atoms with van der Waals surface area (Å²) in [5.74, 6) is -0.385. The molecule has 1 aromatic rings. The molecule has 0 aliphatic heterocycles. The Hall–Kier alpha value is -0.905. The third-order valence-corrected chi connectivity index (χ3v) is 3.61. The van der Waals surface area contributed by atoms with Gasteiger partial charge in [-0.05, 0) is 24.4 Å². The Bertz CT molecular complexity index is 395. The minimum absolute atomic E-state index is 0.248. The van der Waals surface area contributed by atoms with Gasteiger partial charge >= 0.3 is 7.12 Å². The highest BCUT2D eigenvalue weighted by atomic mass is 19.1. The summed E-state index contributed by atoms with van der Waals surface area (Å²) in [7, 11) is -1.62. The second kappa shape index (κ2) is 6.32. The molecular weight excluding hydrogens is 232 g/mol. The number of hydrogen-bond donors (Lipinski definition) is 3. The van der Waals surface area contributed by atoms with Crippen molar-refractivity contribution in [2.24, 2.45) is 0 Å². The lowest BCUT2D eigenvalue weighted by Crippen LogP contribution is -2.38. The summed E-state index contributed by atoms with van der Waals surface area (Å²) in [6, 6.07) is 4.81. The van der Waals surface area contributed by atoms with Crippen LogP contribution in [0.2, 0.25) is 0 Å². The van der Waals surface area contributed by atoms with E-state index in [1.165, 1.54) is 31.4 Å². The van der Waals surface area contributed by atoms with E-state index in [0.717, 1.165) is 12.8 Å². The molecule has 0 radical (unpaired) electrons. The first-order valence-electron chi connectivity index (χ1n) is 6.55. The summed E-state index contributed by atoms with van der Waals surface area (Å²) >= 11 is 0. The zero-order chi connectivity index (χ0) is 13.0. The summed E-state index contributed by atoms with van der Waals surface area (Å²) < 4.78 is 13.7. The van der Waals surface area contributed by atoms with Gasteiger partial charge in [0.05, 0.1) is 0 Å². The standard InChI is InChI=1S/C13H19BFNO2/c15-13-8-4-7-12(14(17)18)11(13)9-16-10-5-2-1-3-6-10/h4,7-8,10,16-18H,1-3,5-6,9H2. The minimum Gasteiger partial charge on any atom is -0.423 e. The average molecular weight is 251 g/mol. The van der Waals surface area contributed by atoms with E-state index >= 15 is 0 Å². The first-order chi connectivity index (χ1) is 8.68. The summed E-state index contributed by atoms with van der Waals surface area (Å²) in [5, 5.41) is 21.8. The van der Waals surface area contributed by atoms with Gasteiger partial charge in [0.2, 0.25) is 0 Å². The maximum absolute atomic E-state index is 13.7. The van der Waals surface area contributed by atoms with Gasteiger partial charge in [-0.25, -0.2) is 4.39 Å². The van der Waals surface area contributed by atoms with E-state index in [1.807, 2.05) is 0 Å². The fourth-order valence-corrected chi connectivity index (χ4v) is 2.56. The van der Waals surface area contributed by atoms with Crippen LogP contribution in [0, 0.1) is 5.82 Å². The molecule has 1 aliphatic carbocycles. The Morgan fingerprint density at radius 2 is 1.94 bits per heavy atom. The highest BCUT2D eigenvalue weighted by molar-refractivity contribution is 6.59. The van der Waals surface area contributed by atoms with Gasteiger partial charge in [-0.1, -0.05) is 31.4 Å². The van der Waals surface area contributed by atoms with Gasteiger partial charge in [0.15, 0.2) is 0 Å². The first kappa shape index (κ1) is 13.5. The molecule has 0 atom stereocenters. The van der Waals surface area contributed by atoms with Crippen LogP contribution in [0.5, 0.6) is 0 Å². The number of benzene rings is 1. The van der Waals surface area contributed by atoms with Gasteiger partial charge in [0.1, 0.15) is 5.82 Å². The fourth-order valence-electron chi connectivity index (χ4n) is 2.56. The molecule has 98 valence electrons. The highest BCUT2D eigenvalue weighted by Gasteiger charge is 2.20. The van der Waals surface area contributed by atoms with Crippen molar-refractivity contribution >= 4 is 12.6 Å². The molecule has 1 aliphatic rings. The van der Waals surface area contributed by atoms with Gasteiger partial charge in [0, 0.05) is 18.2 Å². The lowest BCUT2D eigenvalue weighted by atomic mass is 9.76. The van der Waals surface area contributed by atoms with Gasteiger partial charge in [-0.3, -0.25) is 0 Å². The molecule has 5 heteroatoms. The molecule has 18 heavy (non-hydrogen) atoms. The van der Waals surface area contributed by atoms with Crippen molar-refractivity contribution in [3.05, 3.63) is 29.6 Å². The molecule has 2 rings (SSSR count). The van der Waals surface area contributed by atoms with E-state index in [1.54, 1.807) is 6.07 Å². The van der Waals surface area contributed by atoms with Gasteiger partial charge in [-0.2, -0.15) is 0 Å². The van der Waals surface area contributed by atoms with E-state index in [0.29, 0.717) is 18.2 Å². The van der Waals surface area contributed by atoms with Crippen molar-refractivity contribution in [2.75, 3.05) is 0 Å². The van der Waals surface area contributed by atoms with Gasteiger partial charge in [0.25, 0.3) is 0 Å². The molecule has 0 spiro atoms. The molecule has 3 N–H and O–H groups in total. The topological polar surface area (TPSA) is 52.5 Å². The Labute approximate surface area is 107 Å². The molecule has 1 fully saturated rings. The quantitative estimate of drug-likeness (QED) is 0.698. The largest absolute Gasteiger partial charge is 0.488 e. The predicted octanol–water partition coefficient (Wildman–Crippen LogP) is 0.928. The first-order valence-corrected chi connectivity index (χ1v) is 6.55. The molecule has 1 aromatic carbocycles. The number of hydrogen-bond acceptors (Lipinski definition) is 3. The molecule has 0 aromatic heterocycles. The van der Waals surface area contributed by atoms with Crippen molar-refractivity contribution in [1.82, 2.24) is 5.32 Å². The lowest BCUT2D eigenvalue weighted by molar-refractivity contribution is 0.369. The minimum atomic E-state index is -1.62. The van der Waals surface area contributed by atoms with Crippen LogP contribution in [0.4, 0.5) is 4.39 Å². The molecular formula is C13H19BFNO2. The fraction of sp³-hybridized carbons (Fsp3) is 0.538. The van der Waals surface area contributed by atoms with Crippen molar-refractivity contribution in [2.45, 2.75) is 44.7 Å². The Morgan fingerprint density at radius 1 is 1.22 bits per heavy atom. The number of halogens is 1. The molecule has 3 nitrogen and oxygen atoms in total. The van der Waals surface area contributed by atoms with E-state index < -0.39 is 7.12 Å². The second-order valence-corrected chi connectivity index (χ2v) is 4.90. The van der Waals surface area contributed by atoms with Crippen LogP contribution in [0.15, 0.2) is 18.2 Å². The molecule has 0 unspecified atom stereocenters. The van der Waals surface area contributed by atoms with Crippen LogP contribution >= 0.6 is 0 Å². The van der Waals surface area contributed by atoms with Gasteiger partial charge < -0.3 is 15.4 Å². The Balaban J connectivity index is 2.03. The maximum atomic E-state index is 13.7. The van der Waals surface area contributed by atoms with Crippen LogP contribution in [-0.2, 0) is 6.54 Å². The molecule has 0 amide bonds. The van der Waals surface area contributed by atoms with Gasteiger partial charge in [-0.15, -0.1) is 0 Å². The molecule has 1 saturated carbocycles. The van der Waals surface area contributed by atoms with Crippen molar-refractivity contribution in [1.29, 1.82) is 0 Å². The predicted molar refractivity (Wildman–Crippen MR) is 69.9 cm³/mol. The zero-order valence-electron chi connectivity index (χ0n) is 10.4. The summed E-state index contributed by atoms with van der Waals surface area (Å²) in [6.07, 6.45) is 5.93. The maximum Gasteiger partial charge on any atom is 0.488 e. The van der Waals surface area contributed by atoms with Crippen LogP contribution in [-0.4, -0.2) is 23.2 Å². The lowest BCUT2D eigenvalue weighted by Gasteiger charge is -2.23. The van der Waals surface area contributed by atoms with Crippen LogP contribution in [0.3, 0.4) is 0 Å². The summed E-state index contributed by atoms with van der Waals surface area (Å²) in [6.45, 7) is 0.351. The summed E-state index contributed by atoms with van der Waals surface area (Å²) in [5.41, 5.74) is 0.608. The third-order valence-electron chi connectivity index (χ3n) is 3.61. The van der Waals surface area contributed by atoms with Crippen molar-refractivity contribution in [3.8, 4) is 0 Å². The summed E-state index contributed by atoms with van der Waals surface area (Å²) in [4.78, 5) is 0. The average Bonchev–Trinajstić information content (AvgIpc) is 2.38. The highest BCUT2D eigenvalue weighted by Crippen LogP contribution is 2.18. The van der Waals surface area contributed by atoms with Crippen molar-refractivity contribution in [3.63, 3.8) is 0 Å². The Morgan fingerprint density at radius 3 is 2.61 bits per heavy atom. The zero-order valence-corrected chi connectivity index (χ0v) is 10.4.